The molecule has 0 amide bonds. The minimum Gasteiger partial charge on any atom is -0.481 e. The van der Waals surface area contributed by atoms with Gasteiger partial charge in [-0.1, -0.05) is 24.9 Å². The molecular weight excluding hydrogens is 507 g/mol. The van der Waals surface area contributed by atoms with Gasteiger partial charge in [-0.3, -0.25) is 9.59 Å². The van der Waals surface area contributed by atoms with Gasteiger partial charge in [-0.15, -0.1) is 18.3 Å². The fourth-order valence-electron chi connectivity index (χ4n) is 3.54. The van der Waals surface area contributed by atoms with Gasteiger partial charge in [0, 0.05) is 29.7 Å². The first kappa shape index (κ1) is 28.5. The average Bonchev–Trinajstić information content (AvgIpc) is 3.34. The maximum atomic E-state index is 12.3. The van der Waals surface area contributed by atoms with Crippen LogP contribution in [0.1, 0.15) is 55.8 Å². The van der Waals surface area contributed by atoms with Crippen molar-refractivity contribution in [1.82, 2.24) is 10.2 Å². The zero-order valence-corrected chi connectivity index (χ0v) is 20.7. The second-order valence-corrected chi connectivity index (χ2v) is 8.49. The fraction of sp³-hybridized carbons (Fsp3) is 0.385. The van der Waals surface area contributed by atoms with Crippen LogP contribution >= 0.6 is 0 Å². The van der Waals surface area contributed by atoms with Crippen molar-refractivity contribution in [3.05, 3.63) is 54.1 Å². The standard InChI is InChI=1S/C26H28F3N3O6/c1-2-3-5-20(30-19-12-8-17(9-13-19)22(33)6-4-7-23(34)35)16-36-25-32-31-24(37-25)18-10-14-21(15-11-18)38-26(27,28)29/h8-15,20,30H,2-7,16H2,1H3,(H,34,35)/t20-/m0/s1. The Balaban J connectivity index is 1.56. The first-order chi connectivity index (χ1) is 18.1. The topological polar surface area (TPSA) is 124 Å². The quantitative estimate of drug-likeness (QED) is 0.221. The molecule has 38 heavy (non-hydrogen) atoms. The number of Topliss-reactive ketones (excluding diaryl/α,β-unsaturated/α-hetero) is 1. The summed E-state index contributed by atoms with van der Waals surface area (Å²) in [5.41, 5.74) is 1.70. The number of carbonyl (C=O) groups is 2. The molecule has 1 aromatic heterocycles. The van der Waals surface area contributed by atoms with Gasteiger partial charge in [0.25, 0.3) is 5.89 Å². The largest absolute Gasteiger partial charge is 0.573 e. The van der Waals surface area contributed by atoms with E-state index < -0.39 is 12.3 Å². The monoisotopic (exact) mass is 535 g/mol. The lowest BCUT2D eigenvalue weighted by molar-refractivity contribution is -0.274. The molecule has 12 heteroatoms. The lowest BCUT2D eigenvalue weighted by Crippen LogP contribution is -2.27. The summed E-state index contributed by atoms with van der Waals surface area (Å²) in [5.74, 6) is -1.32. The number of rotatable bonds is 15. The number of halogens is 3. The minimum atomic E-state index is -4.78. The predicted molar refractivity (Wildman–Crippen MR) is 131 cm³/mol. The number of aromatic nitrogens is 2. The Labute approximate surface area is 217 Å². The third-order valence-corrected chi connectivity index (χ3v) is 5.43. The second-order valence-electron chi connectivity index (χ2n) is 8.49. The summed E-state index contributed by atoms with van der Waals surface area (Å²) < 4.78 is 52.0. The van der Waals surface area contributed by atoms with Crippen molar-refractivity contribution in [1.29, 1.82) is 0 Å². The van der Waals surface area contributed by atoms with Crippen LogP contribution in [0.5, 0.6) is 11.8 Å². The van der Waals surface area contributed by atoms with Gasteiger partial charge < -0.3 is 24.3 Å². The van der Waals surface area contributed by atoms with Gasteiger partial charge >= 0.3 is 18.4 Å². The van der Waals surface area contributed by atoms with Crippen molar-refractivity contribution in [3.8, 4) is 23.3 Å². The van der Waals surface area contributed by atoms with Gasteiger partial charge in [-0.2, -0.15) is 0 Å². The summed E-state index contributed by atoms with van der Waals surface area (Å²) in [6, 6.07) is 11.9. The molecule has 2 aromatic carbocycles. The smallest absolute Gasteiger partial charge is 0.481 e. The van der Waals surface area contributed by atoms with Gasteiger partial charge in [0.2, 0.25) is 0 Å². The van der Waals surface area contributed by atoms with Crippen molar-refractivity contribution < 1.29 is 41.8 Å². The van der Waals surface area contributed by atoms with Gasteiger partial charge in [0.1, 0.15) is 12.4 Å². The predicted octanol–water partition coefficient (Wildman–Crippen LogP) is 6.12. The molecule has 0 unspecified atom stereocenters. The first-order valence-corrected chi connectivity index (χ1v) is 12.1. The van der Waals surface area contributed by atoms with E-state index >= 15 is 0 Å². The third-order valence-electron chi connectivity index (χ3n) is 5.43. The molecule has 1 atom stereocenters. The third kappa shape index (κ3) is 9.41. The Kier molecular flexibility index (Phi) is 10.1. The normalized spacial score (nSPS) is 12.1. The van der Waals surface area contributed by atoms with Crippen LogP contribution in [-0.4, -0.2) is 46.1 Å². The molecule has 204 valence electrons. The van der Waals surface area contributed by atoms with E-state index in [9.17, 15) is 22.8 Å². The molecule has 3 rings (SSSR count). The number of nitrogens with one attached hydrogen (secondary N) is 1. The number of unbranched alkanes of at least 4 members (excludes halogenated alkanes) is 1. The van der Waals surface area contributed by atoms with Crippen LogP contribution in [0, 0.1) is 0 Å². The number of carboxylic acids is 1. The molecule has 0 aliphatic heterocycles. The number of benzene rings is 2. The Morgan fingerprint density at radius 3 is 2.37 bits per heavy atom. The second kappa shape index (κ2) is 13.5. The number of ketones is 1. The Morgan fingerprint density at radius 1 is 1.03 bits per heavy atom. The summed E-state index contributed by atoms with van der Waals surface area (Å²) in [7, 11) is 0. The summed E-state index contributed by atoms with van der Waals surface area (Å²) in [6.07, 6.45) is -1.75. The molecule has 1 heterocycles. The number of nitrogens with zero attached hydrogens (tertiary/aromatic N) is 2. The summed E-state index contributed by atoms with van der Waals surface area (Å²) >= 11 is 0. The molecule has 0 aliphatic carbocycles. The van der Waals surface area contributed by atoms with E-state index in [1.54, 1.807) is 24.3 Å². The molecule has 0 saturated heterocycles. The number of anilines is 1. The van der Waals surface area contributed by atoms with Crippen LogP contribution in [0.4, 0.5) is 18.9 Å². The van der Waals surface area contributed by atoms with Gasteiger partial charge in [-0.25, -0.2) is 0 Å². The Hall–Kier alpha value is -4.09. The summed E-state index contributed by atoms with van der Waals surface area (Å²) in [4.78, 5) is 22.8. The maximum absolute atomic E-state index is 12.3. The summed E-state index contributed by atoms with van der Waals surface area (Å²) in [5, 5.41) is 19.8. The van der Waals surface area contributed by atoms with E-state index in [4.69, 9.17) is 14.3 Å². The molecule has 0 spiro atoms. The molecule has 3 aromatic rings. The first-order valence-electron chi connectivity index (χ1n) is 12.1. The van der Waals surface area contributed by atoms with Gasteiger partial charge in [0.05, 0.1) is 6.04 Å². The molecule has 0 saturated carbocycles. The van der Waals surface area contributed by atoms with E-state index in [-0.39, 0.29) is 49.0 Å². The van der Waals surface area contributed by atoms with Crippen LogP contribution in [0.3, 0.4) is 0 Å². The van der Waals surface area contributed by atoms with E-state index in [1.807, 2.05) is 0 Å². The van der Waals surface area contributed by atoms with Crippen molar-refractivity contribution in [2.45, 2.75) is 57.9 Å². The van der Waals surface area contributed by atoms with Crippen LogP contribution in [0.25, 0.3) is 11.5 Å². The lowest BCUT2D eigenvalue weighted by atomic mass is 10.0. The highest BCUT2D eigenvalue weighted by molar-refractivity contribution is 5.96. The lowest BCUT2D eigenvalue weighted by Gasteiger charge is -2.19. The average molecular weight is 536 g/mol. The number of carboxylic acid groups (broad SMARTS) is 1. The number of hydrogen-bond acceptors (Lipinski definition) is 8. The number of aliphatic carboxylic acids is 1. The van der Waals surface area contributed by atoms with Gasteiger partial charge in [0.15, 0.2) is 5.78 Å². The fourth-order valence-corrected chi connectivity index (χ4v) is 3.54. The molecule has 9 nitrogen and oxygen atoms in total. The number of hydrogen-bond donors (Lipinski definition) is 2. The highest BCUT2D eigenvalue weighted by Gasteiger charge is 2.31. The molecule has 0 radical (unpaired) electrons. The maximum Gasteiger partial charge on any atom is 0.573 e. The van der Waals surface area contributed by atoms with E-state index in [2.05, 4.69) is 27.2 Å². The van der Waals surface area contributed by atoms with E-state index in [0.717, 1.165) is 37.1 Å². The highest BCUT2D eigenvalue weighted by Crippen LogP contribution is 2.27. The zero-order chi connectivity index (χ0) is 27.5. The van der Waals surface area contributed by atoms with Crippen LogP contribution in [0.2, 0.25) is 0 Å². The molecule has 0 bridgehead atoms. The number of alkyl halides is 3. The van der Waals surface area contributed by atoms with Crippen LogP contribution < -0.4 is 14.8 Å². The summed E-state index contributed by atoms with van der Waals surface area (Å²) in [6.45, 7) is 2.27. The minimum absolute atomic E-state index is 0.0464. The molecule has 0 fully saturated rings. The van der Waals surface area contributed by atoms with Crippen molar-refractivity contribution in [2.75, 3.05) is 11.9 Å². The Morgan fingerprint density at radius 2 is 1.74 bits per heavy atom. The van der Waals surface area contributed by atoms with E-state index in [1.165, 1.54) is 12.1 Å². The molecule has 0 aliphatic rings. The molecular formula is C26H28F3N3O6. The van der Waals surface area contributed by atoms with E-state index in [0.29, 0.717) is 17.5 Å². The van der Waals surface area contributed by atoms with Crippen LogP contribution in [0.15, 0.2) is 52.9 Å². The van der Waals surface area contributed by atoms with Gasteiger partial charge in [-0.05, 0) is 61.4 Å². The van der Waals surface area contributed by atoms with Crippen molar-refractivity contribution >= 4 is 17.4 Å². The Bertz CT molecular complexity index is 1180. The SMILES string of the molecule is CCCC[C@@H](COc1nnc(-c2ccc(OC(F)(F)F)cc2)o1)Nc1ccc(C(=O)CCCC(=O)O)cc1. The zero-order valence-electron chi connectivity index (χ0n) is 20.7. The van der Waals surface area contributed by atoms with Crippen molar-refractivity contribution in [2.24, 2.45) is 0 Å². The molecule has 2 N–H and O–H groups in total. The number of ether oxygens (including phenoxy) is 2. The number of carbonyl (C=O) groups excluding carboxylic acids is 1. The van der Waals surface area contributed by atoms with Crippen LogP contribution in [-0.2, 0) is 4.79 Å². The highest BCUT2D eigenvalue weighted by atomic mass is 19.4. The van der Waals surface area contributed by atoms with Crippen molar-refractivity contribution in [3.63, 3.8) is 0 Å².